The molecule has 0 aliphatic heterocycles. The van der Waals surface area contributed by atoms with E-state index in [1.54, 1.807) is 18.2 Å². The lowest BCUT2D eigenvalue weighted by atomic mass is 9.78. The van der Waals surface area contributed by atoms with Crippen molar-refractivity contribution in [3.8, 4) is 5.75 Å². The highest BCUT2D eigenvalue weighted by atomic mass is 16.5. The van der Waals surface area contributed by atoms with Gasteiger partial charge in [-0.25, -0.2) is 4.79 Å². The minimum absolute atomic E-state index is 0.158. The first kappa shape index (κ1) is 21.2. The molecule has 1 aliphatic rings. The Kier molecular flexibility index (Phi) is 7.66. The van der Waals surface area contributed by atoms with Crippen LogP contribution in [0.3, 0.4) is 0 Å². The number of benzene rings is 1. The molecule has 0 spiro atoms. The number of methoxy groups -OCH3 is 1. The maximum Gasteiger partial charge on any atom is 0.341 e. The van der Waals surface area contributed by atoms with Gasteiger partial charge < -0.3 is 19.5 Å². The summed E-state index contributed by atoms with van der Waals surface area (Å²) in [5, 5.41) is 2.93. The lowest BCUT2D eigenvalue weighted by Crippen LogP contribution is -2.48. The third-order valence-corrected chi connectivity index (χ3v) is 4.89. The largest absolute Gasteiger partial charge is 0.493 e. The van der Waals surface area contributed by atoms with E-state index in [0.29, 0.717) is 49.0 Å². The predicted octanol–water partition coefficient (Wildman–Crippen LogP) is 4.19. The molecule has 0 heterocycles. The van der Waals surface area contributed by atoms with Gasteiger partial charge in [0.15, 0.2) is 0 Å². The van der Waals surface area contributed by atoms with Crippen LogP contribution in [0.1, 0.15) is 63.2 Å². The molecule has 0 aromatic heterocycles. The summed E-state index contributed by atoms with van der Waals surface area (Å²) in [5.41, 5.74) is 0.0164. The first-order valence-electron chi connectivity index (χ1n) is 9.76. The van der Waals surface area contributed by atoms with E-state index in [4.69, 9.17) is 14.2 Å². The average molecular weight is 377 g/mol. The molecule has 1 aliphatic carbocycles. The highest BCUT2D eigenvalue weighted by Gasteiger charge is 2.42. The molecule has 6 heteroatoms. The summed E-state index contributed by atoms with van der Waals surface area (Å²) in [4.78, 5) is 25.2. The van der Waals surface area contributed by atoms with Crippen molar-refractivity contribution in [3.63, 3.8) is 0 Å². The third-order valence-electron chi connectivity index (χ3n) is 4.89. The van der Waals surface area contributed by atoms with Gasteiger partial charge in [0.1, 0.15) is 16.9 Å². The van der Waals surface area contributed by atoms with Crippen LogP contribution in [-0.4, -0.2) is 37.8 Å². The standard InChI is InChI=1S/C21H31NO5/c1-5-12-26-18-10-9-16(13-17(18)19(23)25-4)22-20(24)21(27-6-2)11-7-8-15(3)14-21/h9-10,13,15H,5-8,11-12,14H2,1-4H3,(H,22,24)/t15-,21-/m1/s1. The van der Waals surface area contributed by atoms with E-state index in [1.165, 1.54) is 7.11 Å². The molecule has 27 heavy (non-hydrogen) atoms. The molecule has 0 saturated heterocycles. The van der Waals surface area contributed by atoms with Gasteiger partial charge in [0.25, 0.3) is 5.91 Å². The van der Waals surface area contributed by atoms with Gasteiger partial charge in [-0.1, -0.05) is 20.3 Å². The van der Waals surface area contributed by atoms with Crippen LogP contribution >= 0.6 is 0 Å². The van der Waals surface area contributed by atoms with Crippen LogP contribution < -0.4 is 10.1 Å². The third kappa shape index (κ3) is 5.22. The van der Waals surface area contributed by atoms with Crippen LogP contribution in [0.15, 0.2) is 18.2 Å². The first-order valence-corrected chi connectivity index (χ1v) is 9.76. The molecule has 150 valence electrons. The van der Waals surface area contributed by atoms with Crippen LogP contribution in [0.2, 0.25) is 0 Å². The number of carbonyl (C=O) groups excluding carboxylic acids is 2. The number of hydrogen-bond acceptors (Lipinski definition) is 5. The fourth-order valence-electron chi connectivity index (χ4n) is 3.64. The Balaban J connectivity index is 2.24. The summed E-state index contributed by atoms with van der Waals surface area (Å²) in [6, 6.07) is 5.02. The fraction of sp³-hybridized carbons (Fsp3) is 0.619. The molecule has 1 saturated carbocycles. The van der Waals surface area contributed by atoms with Gasteiger partial charge in [0.05, 0.1) is 13.7 Å². The topological polar surface area (TPSA) is 73.9 Å². The summed E-state index contributed by atoms with van der Waals surface area (Å²) in [6.07, 6.45) is 4.31. The van der Waals surface area contributed by atoms with E-state index in [-0.39, 0.29) is 5.91 Å². The smallest absolute Gasteiger partial charge is 0.341 e. The van der Waals surface area contributed by atoms with Crippen molar-refractivity contribution in [1.29, 1.82) is 0 Å². The molecule has 2 atom stereocenters. The molecule has 0 radical (unpaired) electrons. The molecule has 1 aromatic carbocycles. The monoisotopic (exact) mass is 377 g/mol. The van der Waals surface area contributed by atoms with Crippen LogP contribution in [0.5, 0.6) is 5.75 Å². The second-order valence-electron chi connectivity index (χ2n) is 7.13. The molecular formula is C21H31NO5. The van der Waals surface area contributed by atoms with Gasteiger partial charge >= 0.3 is 5.97 Å². The highest BCUT2D eigenvalue weighted by Crippen LogP contribution is 2.36. The lowest BCUT2D eigenvalue weighted by molar-refractivity contribution is -0.147. The maximum absolute atomic E-state index is 13.0. The molecule has 1 amide bonds. The van der Waals surface area contributed by atoms with E-state index in [9.17, 15) is 9.59 Å². The van der Waals surface area contributed by atoms with Crippen LogP contribution in [0, 0.1) is 5.92 Å². The quantitative estimate of drug-likeness (QED) is 0.688. The number of carbonyl (C=O) groups is 2. The number of amides is 1. The zero-order valence-corrected chi connectivity index (χ0v) is 16.8. The van der Waals surface area contributed by atoms with Gasteiger partial charge in [-0.3, -0.25) is 4.79 Å². The Bertz CT molecular complexity index is 656. The maximum atomic E-state index is 13.0. The number of nitrogens with one attached hydrogen (secondary N) is 1. The molecule has 6 nitrogen and oxygen atoms in total. The van der Waals surface area contributed by atoms with Crippen molar-refractivity contribution in [1.82, 2.24) is 0 Å². The number of esters is 1. The van der Waals surface area contributed by atoms with Crippen molar-refractivity contribution in [2.24, 2.45) is 5.92 Å². The summed E-state index contributed by atoms with van der Waals surface area (Å²) < 4.78 is 16.4. The molecule has 0 unspecified atom stereocenters. The van der Waals surface area contributed by atoms with Gasteiger partial charge in [-0.2, -0.15) is 0 Å². The zero-order chi connectivity index (χ0) is 19.9. The summed E-state index contributed by atoms with van der Waals surface area (Å²) in [7, 11) is 1.32. The summed E-state index contributed by atoms with van der Waals surface area (Å²) in [6.45, 7) is 7.03. The van der Waals surface area contributed by atoms with Gasteiger partial charge in [-0.05, 0) is 56.7 Å². The number of hydrogen-bond donors (Lipinski definition) is 1. The van der Waals surface area contributed by atoms with Crippen molar-refractivity contribution >= 4 is 17.6 Å². The van der Waals surface area contributed by atoms with E-state index in [2.05, 4.69) is 12.2 Å². The SMILES string of the molecule is CCCOc1ccc(NC(=O)[C@@]2(OCC)CCC[C@@H](C)C2)cc1C(=O)OC. The molecule has 1 fully saturated rings. The van der Waals surface area contributed by atoms with Crippen molar-refractivity contribution in [2.45, 2.75) is 58.5 Å². The van der Waals surface area contributed by atoms with Crippen molar-refractivity contribution < 1.29 is 23.8 Å². The second-order valence-corrected chi connectivity index (χ2v) is 7.13. The van der Waals surface area contributed by atoms with E-state index in [0.717, 1.165) is 19.3 Å². The lowest BCUT2D eigenvalue weighted by Gasteiger charge is -2.38. The minimum atomic E-state index is -0.810. The first-order chi connectivity index (χ1) is 13.0. The zero-order valence-electron chi connectivity index (χ0n) is 16.8. The Hall–Kier alpha value is -2.08. The number of rotatable bonds is 8. The summed E-state index contributed by atoms with van der Waals surface area (Å²) >= 11 is 0. The highest BCUT2D eigenvalue weighted by molar-refractivity contribution is 5.99. The fourth-order valence-corrected chi connectivity index (χ4v) is 3.64. The van der Waals surface area contributed by atoms with Crippen LogP contribution in [0.4, 0.5) is 5.69 Å². The molecule has 2 rings (SSSR count). The predicted molar refractivity (Wildman–Crippen MR) is 104 cm³/mol. The number of ether oxygens (including phenoxy) is 3. The Morgan fingerprint density at radius 1 is 1.30 bits per heavy atom. The van der Waals surface area contributed by atoms with Gasteiger partial charge in [-0.15, -0.1) is 0 Å². The van der Waals surface area contributed by atoms with E-state index >= 15 is 0 Å². The normalized spacial score (nSPS) is 22.1. The second kappa shape index (κ2) is 9.74. The van der Waals surface area contributed by atoms with Gasteiger partial charge in [0.2, 0.25) is 0 Å². The van der Waals surface area contributed by atoms with Crippen LogP contribution in [0.25, 0.3) is 0 Å². The number of anilines is 1. The van der Waals surface area contributed by atoms with Crippen molar-refractivity contribution in [2.75, 3.05) is 25.6 Å². The van der Waals surface area contributed by atoms with E-state index in [1.807, 2.05) is 13.8 Å². The Labute approximate surface area is 161 Å². The van der Waals surface area contributed by atoms with Crippen molar-refractivity contribution in [3.05, 3.63) is 23.8 Å². The molecular weight excluding hydrogens is 346 g/mol. The minimum Gasteiger partial charge on any atom is -0.493 e. The summed E-state index contributed by atoms with van der Waals surface area (Å²) in [5.74, 6) is 0.232. The average Bonchev–Trinajstić information content (AvgIpc) is 2.66. The Morgan fingerprint density at radius 2 is 2.07 bits per heavy atom. The molecule has 1 N–H and O–H groups in total. The van der Waals surface area contributed by atoms with Gasteiger partial charge in [0, 0.05) is 12.3 Å². The van der Waals surface area contributed by atoms with Crippen LogP contribution in [-0.2, 0) is 14.3 Å². The molecule has 1 aromatic rings. The van der Waals surface area contributed by atoms with E-state index < -0.39 is 11.6 Å². The Morgan fingerprint density at radius 3 is 2.70 bits per heavy atom. The molecule has 0 bridgehead atoms.